The van der Waals surface area contributed by atoms with Crippen LogP contribution >= 0.6 is 23.2 Å². The molecule has 1 aliphatic heterocycles. The van der Waals surface area contributed by atoms with Gasteiger partial charge in [0, 0.05) is 64.4 Å². The molecule has 4 aromatic rings. The molecule has 1 aliphatic rings. The monoisotopic (exact) mass is 682 g/mol. The second-order valence-electron chi connectivity index (χ2n) is 11.2. The van der Waals surface area contributed by atoms with Crippen LogP contribution in [0.2, 0.25) is 10.0 Å². The fourth-order valence-corrected chi connectivity index (χ4v) is 5.75. The van der Waals surface area contributed by atoms with Crippen LogP contribution in [0.15, 0.2) is 55.0 Å². The minimum Gasteiger partial charge on any atom is -0.379 e. The van der Waals surface area contributed by atoms with E-state index in [4.69, 9.17) is 27.9 Å². The molecule has 0 spiro atoms. The van der Waals surface area contributed by atoms with Crippen molar-refractivity contribution in [3.63, 3.8) is 0 Å². The number of morpholine rings is 1. The van der Waals surface area contributed by atoms with Crippen LogP contribution < -0.4 is 21.3 Å². The number of nitrogens with one attached hydrogen (secondary N) is 4. The van der Waals surface area contributed by atoms with E-state index in [0.717, 1.165) is 39.3 Å². The summed E-state index contributed by atoms with van der Waals surface area (Å²) in [4.78, 5) is 54.1. The fraction of sp³-hybridized carbons (Fsp3) is 0.312. The Hall–Kier alpha value is -4.56. The van der Waals surface area contributed by atoms with Crippen LogP contribution in [0.5, 0.6) is 0 Å². The molecule has 5 rings (SSSR count). The molecule has 13 nitrogen and oxygen atoms in total. The molecule has 47 heavy (non-hydrogen) atoms. The number of halogens is 2. The van der Waals surface area contributed by atoms with Gasteiger partial charge in [-0.1, -0.05) is 23.2 Å². The normalized spacial score (nSPS) is 13.3. The van der Waals surface area contributed by atoms with Gasteiger partial charge in [0.25, 0.3) is 23.6 Å². The van der Waals surface area contributed by atoms with E-state index in [-0.39, 0.29) is 27.9 Å². The Balaban J connectivity index is 1.15. The highest BCUT2D eigenvalue weighted by molar-refractivity contribution is 6.37. The predicted octanol–water partition coefficient (Wildman–Crippen LogP) is 4.22. The Morgan fingerprint density at radius 1 is 0.702 bits per heavy atom. The quantitative estimate of drug-likeness (QED) is 0.175. The number of carbonyl (C=O) groups excluding carboxylic acids is 4. The molecular weight excluding hydrogens is 647 g/mol. The lowest BCUT2D eigenvalue weighted by molar-refractivity contribution is 0.0374. The van der Waals surface area contributed by atoms with E-state index in [1.165, 1.54) is 18.2 Å². The van der Waals surface area contributed by atoms with Gasteiger partial charge in [-0.2, -0.15) is 0 Å². The van der Waals surface area contributed by atoms with Gasteiger partial charge in [-0.3, -0.25) is 24.1 Å². The molecule has 4 N–H and O–H groups in total. The number of hydrogen-bond donors (Lipinski definition) is 4. The Bertz CT molecular complexity index is 1800. The van der Waals surface area contributed by atoms with Gasteiger partial charge in [-0.15, -0.1) is 0 Å². The first-order chi connectivity index (χ1) is 22.5. The molecule has 1 saturated heterocycles. The Labute approximate surface area is 281 Å². The molecule has 0 unspecified atom stereocenters. The Kier molecular flexibility index (Phi) is 10.7. The number of ether oxygens (including phenoxy) is 1. The van der Waals surface area contributed by atoms with Crippen molar-refractivity contribution in [3.8, 4) is 0 Å². The van der Waals surface area contributed by atoms with Crippen LogP contribution in [-0.2, 0) is 25.9 Å². The standard InChI is InChI=1S/C32H36Cl2N8O5/c1-39-18-22(14-26(39)30(44)35-7-4-8-42-9-11-47-12-10-42)37-32(46)28-16-23(19-41(28)3)38-31(45)27-15-21(17-40(27)2)36-29(43)24-6-5-20(33)13-25(24)34/h5-6,13-19H,4,7-12H2,1-3H3,(H,35,44)(H,36,43)(H,37,46)(H,38,45). The van der Waals surface area contributed by atoms with Crippen LogP contribution in [0.25, 0.3) is 0 Å². The summed E-state index contributed by atoms with van der Waals surface area (Å²) in [6.45, 7) is 4.72. The van der Waals surface area contributed by atoms with Crippen LogP contribution in [-0.4, -0.2) is 81.6 Å². The average molecular weight is 684 g/mol. The van der Waals surface area contributed by atoms with Crippen molar-refractivity contribution < 1.29 is 23.9 Å². The second kappa shape index (κ2) is 14.9. The Morgan fingerprint density at radius 2 is 1.19 bits per heavy atom. The van der Waals surface area contributed by atoms with Gasteiger partial charge in [-0.05, 0) is 49.4 Å². The third-order valence-corrected chi connectivity index (χ3v) is 8.25. The first kappa shape index (κ1) is 33.8. The van der Waals surface area contributed by atoms with Crippen molar-refractivity contribution in [2.75, 3.05) is 55.3 Å². The lowest BCUT2D eigenvalue weighted by Crippen LogP contribution is -2.38. The summed E-state index contributed by atoms with van der Waals surface area (Å²) in [5, 5.41) is 11.9. The molecule has 4 amide bonds. The molecule has 0 bridgehead atoms. The molecule has 0 aliphatic carbocycles. The van der Waals surface area contributed by atoms with E-state index >= 15 is 0 Å². The van der Waals surface area contributed by atoms with Gasteiger partial charge in [0.2, 0.25) is 0 Å². The van der Waals surface area contributed by atoms with Gasteiger partial charge in [0.05, 0.1) is 40.9 Å². The molecule has 0 atom stereocenters. The van der Waals surface area contributed by atoms with E-state index in [9.17, 15) is 19.2 Å². The third kappa shape index (κ3) is 8.43. The summed E-state index contributed by atoms with van der Waals surface area (Å²) in [6.07, 6.45) is 5.70. The van der Waals surface area contributed by atoms with Crippen LogP contribution in [0, 0.1) is 0 Å². The zero-order chi connectivity index (χ0) is 33.7. The zero-order valence-corrected chi connectivity index (χ0v) is 27.7. The van der Waals surface area contributed by atoms with Gasteiger partial charge >= 0.3 is 0 Å². The minimum atomic E-state index is -0.450. The van der Waals surface area contributed by atoms with Gasteiger partial charge in [0.15, 0.2) is 0 Å². The van der Waals surface area contributed by atoms with E-state index in [1.54, 1.807) is 71.6 Å². The maximum Gasteiger partial charge on any atom is 0.272 e. The highest BCUT2D eigenvalue weighted by Crippen LogP contribution is 2.23. The lowest BCUT2D eigenvalue weighted by atomic mass is 10.2. The van der Waals surface area contributed by atoms with Crippen LogP contribution in [0.1, 0.15) is 48.2 Å². The number of aromatic nitrogens is 3. The van der Waals surface area contributed by atoms with Crippen molar-refractivity contribution in [1.82, 2.24) is 23.9 Å². The van der Waals surface area contributed by atoms with E-state index in [0.29, 0.717) is 34.3 Å². The largest absolute Gasteiger partial charge is 0.379 e. The number of rotatable bonds is 11. The minimum absolute atomic E-state index is 0.205. The highest BCUT2D eigenvalue weighted by Gasteiger charge is 2.20. The first-order valence-corrected chi connectivity index (χ1v) is 15.7. The van der Waals surface area contributed by atoms with E-state index < -0.39 is 17.7 Å². The van der Waals surface area contributed by atoms with Gasteiger partial charge in [-0.25, -0.2) is 0 Å². The summed E-state index contributed by atoms with van der Waals surface area (Å²) in [5.74, 6) is -1.54. The third-order valence-electron chi connectivity index (χ3n) is 7.70. The molecule has 3 aromatic heterocycles. The Morgan fingerprint density at radius 3 is 1.70 bits per heavy atom. The van der Waals surface area contributed by atoms with Crippen molar-refractivity contribution in [3.05, 3.63) is 87.7 Å². The van der Waals surface area contributed by atoms with Crippen molar-refractivity contribution in [2.45, 2.75) is 6.42 Å². The predicted molar refractivity (Wildman–Crippen MR) is 181 cm³/mol. The zero-order valence-electron chi connectivity index (χ0n) is 26.2. The van der Waals surface area contributed by atoms with Crippen molar-refractivity contribution in [1.29, 1.82) is 0 Å². The van der Waals surface area contributed by atoms with Gasteiger partial charge < -0.3 is 39.7 Å². The molecular formula is C32H36Cl2N8O5. The number of amides is 4. The molecule has 1 fully saturated rings. The summed E-state index contributed by atoms with van der Waals surface area (Å²) in [5.41, 5.74) is 2.47. The number of nitrogens with zero attached hydrogens (tertiary/aromatic N) is 4. The smallest absolute Gasteiger partial charge is 0.272 e. The average Bonchev–Trinajstić information content (AvgIpc) is 3.70. The fourth-order valence-electron chi connectivity index (χ4n) is 5.26. The molecule has 0 saturated carbocycles. The molecule has 248 valence electrons. The maximum atomic E-state index is 13.1. The maximum absolute atomic E-state index is 13.1. The summed E-state index contributed by atoms with van der Waals surface area (Å²) in [7, 11) is 5.09. The lowest BCUT2D eigenvalue weighted by Gasteiger charge is -2.26. The first-order valence-electron chi connectivity index (χ1n) is 14.9. The molecule has 4 heterocycles. The highest BCUT2D eigenvalue weighted by atomic mass is 35.5. The summed E-state index contributed by atoms with van der Waals surface area (Å²) in [6, 6.07) is 9.25. The van der Waals surface area contributed by atoms with Crippen molar-refractivity contribution >= 4 is 63.9 Å². The van der Waals surface area contributed by atoms with Crippen molar-refractivity contribution in [2.24, 2.45) is 21.1 Å². The number of carbonyl (C=O) groups is 4. The molecule has 15 heteroatoms. The number of hydrogen-bond acceptors (Lipinski definition) is 6. The summed E-state index contributed by atoms with van der Waals surface area (Å²) >= 11 is 12.1. The van der Waals surface area contributed by atoms with Crippen LogP contribution in [0.4, 0.5) is 17.1 Å². The number of anilines is 3. The number of benzene rings is 1. The van der Waals surface area contributed by atoms with E-state index in [1.807, 2.05) is 0 Å². The summed E-state index contributed by atoms with van der Waals surface area (Å²) < 4.78 is 10.2. The SMILES string of the molecule is Cn1cc(NC(=O)c2cc(NC(=O)c3cc(NC(=O)c4ccc(Cl)cc4Cl)cn3C)cn2C)cc1C(=O)NCCCN1CCOCC1. The van der Waals surface area contributed by atoms with E-state index in [2.05, 4.69) is 26.2 Å². The number of aryl methyl sites for hydroxylation is 3. The van der Waals surface area contributed by atoms with Gasteiger partial charge in [0.1, 0.15) is 17.1 Å². The molecule has 1 aromatic carbocycles. The molecule has 0 radical (unpaired) electrons. The second-order valence-corrected chi connectivity index (χ2v) is 12.1. The van der Waals surface area contributed by atoms with Crippen LogP contribution in [0.3, 0.4) is 0 Å². The topological polar surface area (TPSA) is 144 Å².